The number of rotatable bonds is 5. The molecule has 1 unspecified atom stereocenters. The fourth-order valence-electron chi connectivity index (χ4n) is 1.75. The van der Waals surface area contributed by atoms with Crippen molar-refractivity contribution in [3.63, 3.8) is 0 Å². The van der Waals surface area contributed by atoms with Crippen LogP contribution in [0.2, 0.25) is 5.02 Å². The molecule has 0 aliphatic carbocycles. The third-order valence-electron chi connectivity index (χ3n) is 3.07. The molecule has 0 heterocycles. The minimum Gasteiger partial charge on any atom is -0.444 e. The summed E-state index contributed by atoms with van der Waals surface area (Å²) >= 11 is 6.16. The fourth-order valence-corrected chi connectivity index (χ4v) is 1.95. The Kier molecular flexibility index (Phi) is 6.49. The van der Waals surface area contributed by atoms with Crippen LogP contribution < -0.4 is 5.32 Å². The van der Waals surface area contributed by atoms with Crippen molar-refractivity contribution in [3.05, 3.63) is 34.9 Å². The molecule has 118 valence electrons. The number of likely N-dealkylation sites (N-methyl/N-ethyl adjacent to an activating group) is 1. The molecule has 0 aromatic heterocycles. The Hall–Kier alpha value is -1.26. The van der Waals surface area contributed by atoms with Gasteiger partial charge in [0.2, 0.25) is 0 Å². The third-order valence-corrected chi connectivity index (χ3v) is 3.44. The number of ether oxygens (including phenoxy) is 1. The van der Waals surface area contributed by atoms with Gasteiger partial charge in [-0.05, 0) is 46.4 Å². The van der Waals surface area contributed by atoms with Crippen LogP contribution in [0, 0.1) is 0 Å². The van der Waals surface area contributed by atoms with Gasteiger partial charge in [0.25, 0.3) is 0 Å². The lowest BCUT2D eigenvalue weighted by Crippen LogP contribution is -2.41. The van der Waals surface area contributed by atoms with Crippen molar-refractivity contribution in [2.75, 3.05) is 13.6 Å². The van der Waals surface area contributed by atoms with Gasteiger partial charge >= 0.3 is 6.09 Å². The van der Waals surface area contributed by atoms with E-state index < -0.39 is 5.60 Å². The molecule has 0 aliphatic heterocycles. The lowest BCUT2D eigenvalue weighted by atomic mass is 10.2. The third kappa shape index (κ3) is 6.82. The maximum absolute atomic E-state index is 11.6. The van der Waals surface area contributed by atoms with Crippen LogP contribution in [-0.4, -0.2) is 36.2 Å². The molecule has 0 bridgehead atoms. The van der Waals surface area contributed by atoms with E-state index in [1.165, 1.54) is 0 Å². The molecule has 1 N–H and O–H groups in total. The molecule has 0 aliphatic rings. The van der Waals surface area contributed by atoms with Gasteiger partial charge < -0.3 is 10.1 Å². The molecular weight excluding hydrogens is 288 g/mol. The average molecular weight is 313 g/mol. The second-order valence-electron chi connectivity index (χ2n) is 6.24. The number of carbonyl (C=O) groups is 1. The van der Waals surface area contributed by atoms with Crippen LogP contribution in [0.15, 0.2) is 24.3 Å². The number of halogens is 1. The van der Waals surface area contributed by atoms with Crippen LogP contribution in [0.1, 0.15) is 33.3 Å². The van der Waals surface area contributed by atoms with Crippen molar-refractivity contribution in [1.82, 2.24) is 10.2 Å². The second-order valence-corrected chi connectivity index (χ2v) is 6.65. The van der Waals surface area contributed by atoms with Crippen molar-refractivity contribution in [3.8, 4) is 0 Å². The minimum absolute atomic E-state index is 0.175. The highest BCUT2D eigenvalue weighted by atomic mass is 35.5. The van der Waals surface area contributed by atoms with E-state index in [1.54, 1.807) is 0 Å². The predicted octanol–water partition coefficient (Wildman–Crippen LogP) is 3.69. The molecule has 0 saturated heterocycles. The van der Waals surface area contributed by atoms with Crippen LogP contribution in [0.5, 0.6) is 0 Å². The summed E-state index contributed by atoms with van der Waals surface area (Å²) in [5.74, 6) is 0. The van der Waals surface area contributed by atoms with Gasteiger partial charge in [-0.15, -0.1) is 0 Å². The van der Waals surface area contributed by atoms with Gasteiger partial charge in [-0.2, -0.15) is 0 Å². The molecule has 4 nitrogen and oxygen atoms in total. The quantitative estimate of drug-likeness (QED) is 0.901. The van der Waals surface area contributed by atoms with Gasteiger partial charge in [0.05, 0.1) is 0 Å². The first-order valence-corrected chi connectivity index (χ1v) is 7.47. The number of hydrogen-bond acceptors (Lipinski definition) is 3. The summed E-state index contributed by atoms with van der Waals surface area (Å²) in [7, 11) is 2.00. The maximum Gasteiger partial charge on any atom is 0.407 e. The topological polar surface area (TPSA) is 41.6 Å². The Morgan fingerprint density at radius 1 is 1.38 bits per heavy atom. The number of alkyl carbamates (subject to hydrolysis) is 1. The van der Waals surface area contributed by atoms with Crippen molar-refractivity contribution in [2.45, 2.75) is 45.9 Å². The molecule has 0 saturated carbocycles. The Morgan fingerprint density at radius 2 is 2.00 bits per heavy atom. The number of benzene rings is 1. The van der Waals surface area contributed by atoms with Gasteiger partial charge in [0.15, 0.2) is 0 Å². The standard InChI is InChI=1S/C16H25ClN2O2/c1-12(10-18-15(20)21-16(2,3)4)19(5)11-13-8-6-7-9-14(13)17/h6-9,12H,10-11H2,1-5H3,(H,18,20). The molecular formula is C16H25ClN2O2. The lowest BCUT2D eigenvalue weighted by Gasteiger charge is -2.26. The van der Waals surface area contributed by atoms with Crippen LogP contribution in [-0.2, 0) is 11.3 Å². The molecule has 5 heteroatoms. The normalized spacial score (nSPS) is 13.1. The van der Waals surface area contributed by atoms with Gasteiger partial charge in [0, 0.05) is 24.2 Å². The largest absolute Gasteiger partial charge is 0.444 e. The molecule has 1 amide bonds. The van der Waals surface area contributed by atoms with Gasteiger partial charge in [-0.1, -0.05) is 29.8 Å². The number of hydrogen-bond donors (Lipinski definition) is 1. The maximum atomic E-state index is 11.6. The van der Waals surface area contributed by atoms with E-state index in [4.69, 9.17) is 16.3 Å². The summed E-state index contributed by atoms with van der Waals surface area (Å²) in [6.07, 6.45) is -0.388. The summed E-state index contributed by atoms with van der Waals surface area (Å²) in [5, 5.41) is 3.55. The van der Waals surface area contributed by atoms with E-state index in [9.17, 15) is 4.79 Å². The number of amides is 1. The van der Waals surface area contributed by atoms with Crippen LogP contribution in [0.4, 0.5) is 4.79 Å². The molecule has 1 aromatic carbocycles. The van der Waals surface area contributed by atoms with Crippen molar-refractivity contribution in [1.29, 1.82) is 0 Å². The van der Waals surface area contributed by atoms with Crippen LogP contribution in [0.25, 0.3) is 0 Å². The van der Waals surface area contributed by atoms with E-state index in [-0.39, 0.29) is 12.1 Å². The smallest absolute Gasteiger partial charge is 0.407 e. The number of nitrogens with one attached hydrogen (secondary N) is 1. The van der Waals surface area contributed by atoms with Crippen molar-refractivity contribution < 1.29 is 9.53 Å². The lowest BCUT2D eigenvalue weighted by molar-refractivity contribution is 0.0512. The van der Waals surface area contributed by atoms with Gasteiger partial charge in [-0.25, -0.2) is 4.79 Å². The summed E-state index contributed by atoms with van der Waals surface area (Å²) in [4.78, 5) is 13.8. The summed E-state index contributed by atoms with van der Waals surface area (Å²) in [6.45, 7) is 8.85. The first kappa shape index (κ1) is 17.8. The van der Waals surface area contributed by atoms with E-state index in [0.717, 1.165) is 17.1 Å². The van der Waals surface area contributed by atoms with Crippen LogP contribution in [0.3, 0.4) is 0 Å². The Labute approximate surface area is 132 Å². The molecule has 21 heavy (non-hydrogen) atoms. The molecule has 0 fully saturated rings. The highest BCUT2D eigenvalue weighted by Crippen LogP contribution is 2.17. The van der Waals surface area contributed by atoms with E-state index in [2.05, 4.69) is 10.2 Å². The molecule has 1 atom stereocenters. The summed E-state index contributed by atoms with van der Waals surface area (Å²) < 4.78 is 5.22. The zero-order valence-corrected chi connectivity index (χ0v) is 14.2. The number of carbonyl (C=O) groups excluding carboxylic acids is 1. The van der Waals surface area contributed by atoms with E-state index >= 15 is 0 Å². The zero-order chi connectivity index (χ0) is 16.0. The van der Waals surface area contributed by atoms with Gasteiger partial charge in [-0.3, -0.25) is 4.90 Å². The SMILES string of the molecule is CC(CNC(=O)OC(C)(C)C)N(C)Cc1ccccc1Cl. The fraction of sp³-hybridized carbons (Fsp3) is 0.562. The molecule has 1 aromatic rings. The molecule has 0 spiro atoms. The highest BCUT2D eigenvalue weighted by Gasteiger charge is 2.17. The second kappa shape index (κ2) is 7.66. The van der Waals surface area contributed by atoms with E-state index in [1.807, 2.05) is 59.0 Å². The van der Waals surface area contributed by atoms with Crippen molar-refractivity contribution >= 4 is 17.7 Å². The predicted molar refractivity (Wildman–Crippen MR) is 86.6 cm³/mol. The van der Waals surface area contributed by atoms with Crippen molar-refractivity contribution in [2.24, 2.45) is 0 Å². The first-order valence-electron chi connectivity index (χ1n) is 7.09. The Morgan fingerprint density at radius 3 is 2.57 bits per heavy atom. The summed E-state index contributed by atoms with van der Waals surface area (Å²) in [6, 6.07) is 7.95. The summed E-state index contributed by atoms with van der Waals surface area (Å²) in [5.41, 5.74) is 0.599. The van der Waals surface area contributed by atoms with Crippen LogP contribution >= 0.6 is 11.6 Å². The zero-order valence-electron chi connectivity index (χ0n) is 13.4. The average Bonchev–Trinajstić information content (AvgIpc) is 2.36. The molecule has 0 radical (unpaired) electrons. The molecule has 1 rings (SSSR count). The highest BCUT2D eigenvalue weighted by molar-refractivity contribution is 6.31. The van der Waals surface area contributed by atoms with Gasteiger partial charge in [0.1, 0.15) is 5.60 Å². The first-order chi connectivity index (χ1) is 9.69. The Bertz CT molecular complexity index is 472. The number of nitrogens with zero attached hydrogens (tertiary/aromatic N) is 1. The minimum atomic E-state index is -0.475. The Balaban J connectivity index is 2.43. The van der Waals surface area contributed by atoms with E-state index in [0.29, 0.717) is 6.54 Å². The monoisotopic (exact) mass is 312 g/mol.